The highest BCUT2D eigenvalue weighted by Crippen LogP contribution is 2.33. The molecule has 0 aliphatic heterocycles. The summed E-state index contributed by atoms with van der Waals surface area (Å²) in [5.74, 6) is -1.58. The molecule has 4 heteroatoms. The average molecular weight is 246 g/mol. The van der Waals surface area contributed by atoms with Gasteiger partial charge in [-0.15, -0.1) is 0 Å². The second kappa shape index (κ2) is 4.49. The van der Waals surface area contributed by atoms with Crippen LogP contribution >= 0.6 is 0 Å². The van der Waals surface area contributed by atoms with Gasteiger partial charge in [-0.1, -0.05) is 12.1 Å². The van der Waals surface area contributed by atoms with E-state index in [1.807, 2.05) is 0 Å². The van der Waals surface area contributed by atoms with E-state index in [1.54, 1.807) is 19.1 Å². The van der Waals surface area contributed by atoms with Crippen LogP contribution < -0.4 is 0 Å². The summed E-state index contributed by atoms with van der Waals surface area (Å²) in [7, 11) is 0. The molecule has 0 fully saturated rings. The van der Waals surface area contributed by atoms with Crippen molar-refractivity contribution in [3.8, 4) is 16.9 Å². The molecule has 0 saturated heterocycles. The minimum atomic E-state index is -1.07. The quantitative estimate of drug-likeness (QED) is 0.855. The fourth-order valence-electron chi connectivity index (χ4n) is 1.78. The first-order valence-electron chi connectivity index (χ1n) is 5.32. The van der Waals surface area contributed by atoms with Crippen LogP contribution in [0.5, 0.6) is 5.75 Å². The number of aromatic carboxylic acids is 1. The van der Waals surface area contributed by atoms with Crippen LogP contribution in [0, 0.1) is 12.7 Å². The molecule has 0 aromatic heterocycles. The first-order valence-corrected chi connectivity index (χ1v) is 5.32. The SMILES string of the molecule is Cc1cc(F)cc(-c2cccc(C(=O)O)c2)c1O. The van der Waals surface area contributed by atoms with E-state index in [-0.39, 0.29) is 16.9 Å². The molecule has 0 saturated carbocycles. The molecule has 92 valence electrons. The first-order chi connectivity index (χ1) is 8.49. The number of phenolic OH excluding ortho intramolecular Hbond substituents is 1. The van der Waals surface area contributed by atoms with E-state index in [1.165, 1.54) is 24.3 Å². The van der Waals surface area contributed by atoms with Crippen LogP contribution in [0.15, 0.2) is 36.4 Å². The molecule has 18 heavy (non-hydrogen) atoms. The third kappa shape index (κ3) is 2.18. The van der Waals surface area contributed by atoms with E-state index in [4.69, 9.17) is 5.11 Å². The zero-order valence-corrected chi connectivity index (χ0v) is 9.64. The largest absolute Gasteiger partial charge is 0.507 e. The van der Waals surface area contributed by atoms with Gasteiger partial charge < -0.3 is 10.2 Å². The Morgan fingerprint density at radius 2 is 1.94 bits per heavy atom. The van der Waals surface area contributed by atoms with Gasteiger partial charge in [-0.3, -0.25) is 0 Å². The Hall–Kier alpha value is -2.36. The molecule has 0 atom stereocenters. The average Bonchev–Trinajstić information content (AvgIpc) is 2.34. The second-order valence-corrected chi connectivity index (χ2v) is 4.00. The summed E-state index contributed by atoms with van der Waals surface area (Å²) in [6, 6.07) is 8.42. The highest BCUT2D eigenvalue weighted by molar-refractivity contribution is 5.89. The van der Waals surface area contributed by atoms with Crippen LogP contribution in [0.2, 0.25) is 0 Å². The molecule has 3 nitrogen and oxygen atoms in total. The van der Waals surface area contributed by atoms with Crippen molar-refractivity contribution in [1.82, 2.24) is 0 Å². The van der Waals surface area contributed by atoms with Crippen molar-refractivity contribution in [2.75, 3.05) is 0 Å². The number of carbonyl (C=O) groups is 1. The van der Waals surface area contributed by atoms with E-state index in [0.29, 0.717) is 11.1 Å². The van der Waals surface area contributed by atoms with Gasteiger partial charge in [0.2, 0.25) is 0 Å². The maximum absolute atomic E-state index is 13.3. The Bertz CT molecular complexity index is 620. The number of rotatable bonds is 2. The Labute approximate surface area is 103 Å². The molecule has 0 aliphatic rings. The zero-order chi connectivity index (χ0) is 13.3. The van der Waals surface area contributed by atoms with Crippen LogP contribution in [0.25, 0.3) is 11.1 Å². The highest BCUT2D eigenvalue weighted by atomic mass is 19.1. The number of halogens is 1. The van der Waals surface area contributed by atoms with Gasteiger partial charge in [0.05, 0.1) is 5.56 Å². The highest BCUT2D eigenvalue weighted by Gasteiger charge is 2.11. The molecule has 0 heterocycles. The number of carboxylic acids is 1. The number of carboxylic acid groups (broad SMARTS) is 1. The number of phenols is 1. The van der Waals surface area contributed by atoms with Crippen LogP contribution in [-0.2, 0) is 0 Å². The molecular formula is C14H11FO3. The monoisotopic (exact) mass is 246 g/mol. The van der Waals surface area contributed by atoms with Crippen LogP contribution in [0.1, 0.15) is 15.9 Å². The molecule has 2 N–H and O–H groups in total. The molecule has 0 spiro atoms. The molecule has 0 radical (unpaired) electrons. The van der Waals surface area contributed by atoms with E-state index in [2.05, 4.69) is 0 Å². The molecule has 0 aliphatic carbocycles. The number of benzene rings is 2. The summed E-state index contributed by atoms with van der Waals surface area (Å²) in [6.07, 6.45) is 0. The lowest BCUT2D eigenvalue weighted by molar-refractivity contribution is 0.0697. The van der Waals surface area contributed by atoms with Crippen molar-refractivity contribution in [1.29, 1.82) is 0 Å². The molecule has 0 unspecified atom stereocenters. The van der Waals surface area contributed by atoms with Crippen LogP contribution in [-0.4, -0.2) is 16.2 Å². The molecule has 0 amide bonds. The number of aryl methyl sites for hydroxylation is 1. The summed E-state index contributed by atoms with van der Waals surface area (Å²) in [5, 5.41) is 18.8. The third-order valence-electron chi connectivity index (χ3n) is 2.69. The van der Waals surface area contributed by atoms with Crippen molar-refractivity contribution in [3.05, 3.63) is 53.3 Å². The van der Waals surface area contributed by atoms with E-state index in [9.17, 15) is 14.3 Å². The zero-order valence-electron chi connectivity index (χ0n) is 9.64. The lowest BCUT2D eigenvalue weighted by atomic mass is 10.00. The van der Waals surface area contributed by atoms with Crippen molar-refractivity contribution in [2.45, 2.75) is 6.92 Å². The fraction of sp³-hybridized carbons (Fsp3) is 0.0714. The van der Waals surface area contributed by atoms with Gasteiger partial charge in [0.25, 0.3) is 0 Å². The van der Waals surface area contributed by atoms with Crippen LogP contribution in [0.3, 0.4) is 0 Å². The lowest BCUT2D eigenvalue weighted by Crippen LogP contribution is -1.96. The molecule has 0 bridgehead atoms. The number of hydrogen-bond acceptors (Lipinski definition) is 2. The second-order valence-electron chi connectivity index (χ2n) is 4.00. The fourth-order valence-corrected chi connectivity index (χ4v) is 1.78. The normalized spacial score (nSPS) is 10.3. The van der Waals surface area contributed by atoms with Crippen LogP contribution in [0.4, 0.5) is 4.39 Å². The van der Waals surface area contributed by atoms with Gasteiger partial charge >= 0.3 is 5.97 Å². The van der Waals surface area contributed by atoms with Gasteiger partial charge in [-0.2, -0.15) is 0 Å². The number of hydrogen-bond donors (Lipinski definition) is 2. The van der Waals surface area contributed by atoms with Crippen molar-refractivity contribution in [3.63, 3.8) is 0 Å². The maximum Gasteiger partial charge on any atom is 0.335 e. The lowest BCUT2D eigenvalue weighted by Gasteiger charge is -2.08. The van der Waals surface area contributed by atoms with Gasteiger partial charge in [-0.25, -0.2) is 9.18 Å². The third-order valence-corrected chi connectivity index (χ3v) is 2.69. The maximum atomic E-state index is 13.3. The molecule has 2 aromatic carbocycles. The summed E-state index contributed by atoms with van der Waals surface area (Å²) in [6.45, 7) is 1.59. The smallest absolute Gasteiger partial charge is 0.335 e. The Kier molecular flexibility index (Phi) is 3.02. The van der Waals surface area contributed by atoms with Gasteiger partial charge in [0, 0.05) is 5.56 Å². The standard InChI is InChI=1S/C14H11FO3/c1-8-5-11(15)7-12(13(8)16)9-3-2-4-10(6-9)14(17)18/h2-7,16H,1H3,(H,17,18). The van der Waals surface area contributed by atoms with Gasteiger partial charge in [0.1, 0.15) is 11.6 Å². The number of aromatic hydroxyl groups is 1. The summed E-state index contributed by atoms with van der Waals surface area (Å²) < 4.78 is 13.3. The molecule has 2 rings (SSSR count). The minimum absolute atomic E-state index is 0.0426. The topological polar surface area (TPSA) is 57.5 Å². The Morgan fingerprint density at radius 1 is 1.22 bits per heavy atom. The van der Waals surface area contributed by atoms with E-state index >= 15 is 0 Å². The van der Waals surface area contributed by atoms with Gasteiger partial charge in [-0.05, 0) is 42.3 Å². The minimum Gasteiger partial charge on any atom is -0.507 e. The summed E-state index contributed by atoms with van der Waals surface area (Å²) in [5.41, 5.74) is 1.25. The van der Waals surface area contributed by atoms with Gasteiger partial charge in [0.15, 0.2) is 0 Å². The first kappa shape index (κ1) is 12.1. The molecular weight excluding hydrogens is 235 g/mol. The van der Waals surface area contributed by atoms with Crippen molar-refractivity contribution < 1.29 is 19.4 Å². The van der Waals surface area contributed by atoms with Crippen molar-refractivity contribution in [2.24, 2.45) is 0 Å². The predicted molar refractivity (Wildman–Crippen MR) is 65.2 cm³/mol. The summed E-state index contributed by atoms with van der Waals surface area (Å²) in [4.78, 5) is 10.9. The Balaban J connectivity index is 2.62. The summed E-state index contributed by atoms with van der Waals surface area (Å²) >= 11 is 0. The molecule has 2 aromatic rings. The van der Waals surface area contributed by atoms with Crippen molar-refractivity contribution >= 4 is 5.97 Å². The van der Waals surface area contributed by atoms with E-state index < -0.39 is 11.8 Å². The Morgan fingerprint density at radius 3 is 2.61 bits per heavy atom. The van der Waals surface area contributed by atoms with E-state index in [0.717, 1.165) is 0 Å². The predicted octanol–water partition coefficient (Wildman–Crippen LogP) is 3.20.